The second kappa shape index (κ2) is 11.9. The summed E-state index contributed by atoms with van der Waals surface area (Å²) in [6.45, 7) is 1.70. The minimum Gasteiger partial charge on any atom is -0.496 e. The molecule has 2 aromatic carbocycles. The second-order valence-corrected chi connectivity index (χ2v) is 9.34. The third kappa shape index (κ3) is 6.07. The number of ether oxygens (including phenoxy) is 2. The van der Waals surface area contributed by atoms with Crippen LogP contribution < -0.4 is 26.1 Å². The first kappa shape index (κ1) is 30.1. The van der Waals surface area contributed by atoms with Gasteiger partial charge in [-0.15, -0.1) is 5.10 Å². The van der Waals surface area contributed by atoms with Crippen LogP contribution in [0.5, 0.6) is 11.5 Å². The van der Waals surface area contributed by atoms with E-state index in [1.807, 2.05) is 0 Å². The maximum absolute atomic E-state index is 13.4. The average molecular weight is 605 g/mol. The van der Waals surface area contributed by atoms with Gasteiger partial charge in [-0.1, -0.05) is 23.7 Å². The Labute approximate surface area is 241 Å². The van der Waals surface area contributed by atoms with Gasteiger partial charge in [-0.25, -0.2) is 4.68 Å². The van der Waals surface area contributed by atoms with Crippen LogP contribution in [-0.4, -0.2) is 45.6 Å². The van der Waals surface area contributed by atoms with E-state index in [0.717, 1.165) is 4.68 Å². The maximum Gasteiger partial charge on any atom is 0.436 e. The van der Waals surface area contributed by atoms with Crippen LogP contribution in [-0.2, 0) is 11.0 Å². The fourth-order valence-electron chi connectivity index (χ4n) is 4.29. The Morgan fingerprint density at radius 3 is 2.36 bits per heavy atom. The molecule has 0 radical (unpaired) electrons. The lowest BCUT2D eigenvalue weighted by atomic mass is 10.0. The summed E-state index contributed by atoms with van der Waals surface area (Å²) in [6.07, 6.45) is -2.47. The normalized spacial score (nSPS) is 12.1. The van der Waals surface area contributed by atoms with E-state index in [2.05, 4.69) is 15.6 Å². The highest BCUT2D eigenvalue weighted by atomic mass is 35.5. The lowest BCUT2D eigenvalue weighted by Crippen LogP contribution is -2.32. The summed E-state index contributed by atoms with van der Waals surface area (Å²) in [5.74, 6) is -0.965. The minimum absolute atomic E-state index is 0.125. The van der Waals surface area contributed by atoms with E-state index in [4.69, 9.17) is 26.8 Å². The molecular formula is C27H24ClF3N6O5. The van der Waals surface area contributed by atoms with Gasteiger partial charge in [-0.2, -0.15) is 13.2 Å². The molecule has 3 N–H and O–H groups in total. The van der Waals surface area contributed by atoms with Gasteiger partial charge in [0.05, 0.1) is 37.9 Å². The Morgan fingerprint density at radius 2 is 1.76 bits per heavy atom. The number of benzene rings is 2. The topological polar surface area (TPSA) is 143 Å². The fourth-order valence-corrected chi connectivity index (χ4v) is 4.46. The molecule has 11 nitrogen and oxygen atoms in total. The molecular weight excluding hydrogens is 581 g/mol. The van der Waals surface area contributed by atoms with Crippen molar-refractivity contribution in [3.8, 4) is 28.3 Å². The van der Waals surface area contributed by atoms with Crippen LogP contribution >= 0.6 is 11.6 Å². The van der Waals surface area contributed by atoms with E-state index in [1.165, 1.54) is 67.4 Å². The Hall–Kier alpha value is -4.85. The number of nitrogens with two attached hydrogens (primary N) is 1. The van der Waals surface area contributed by atoms with Gasteiger partial charge >= 0.3 is 6.18 Å². The number of halogens is 4. The predicted octanol–water partition coefficient (Wildman–Crippen LogP) is 4.47. The number of methoxy groups -OCH3 is 2. The van der Waals surface area contributed by atoms with Crippen LogP contribution in [0.4, 0.5) is 18.9 Å². The van der Waals surface area contributed by atoms with Crippen LogP contribution in [0.15, 0.2) is 59.7 Å². The van der Waals surface area contributed by atoms with Crippen molar-refractivity contribution in [2.75, 3.05) is 19.5 Å². The number of primary amides is 1. The van der Waals surface area contributed by atoms with Crippen molar-refractivity contribution in [3.05, 3.63) is 81.5 Å². The van der Waals surface area contributed by atoms with Gasteiger partial charge < -0.3 is 20.5 Å². The molecule has 2 aromatic heterocycles. The highest BCUT2D eigenvalue weighted by Crippen LogP contribution is 2.36. The fraction of sp³-hybridized carbons (Fsp3) is 0.222. The maximum atomic E-state index is 13.4. The highest BCUT2D eigenvalue weighted by Gasteiger charge is 2.35. The van der Waals surface area contributed by atoms with Crippen molar-refractivity contribution >= 4 is 29.1 Å². The van der Waals surface area contributed by atoms with Crippen molar-refractivity contribution in [2.24, 2.45) is 5.73 Å². The van der Waals surface area contributed by atoms with Gasteiger partial charge in [0.25, 0.3) is 11.5 Å². The summed E-state index contributed by atoms with van der Waals surface area (Å²) >= 11 is 6.20. The summed E-state index contributed by atoms with van der Waals surface area (Å²) in [5, 5.41) is 9.71. The van der Waals surface area contributed by atoms with Crippen LogP contribution in [0.25, 0.3) is 16.8 Å². The van der Waals surface area contributed by atoms with Gasteiger partial charge in [0.1, 0.15) is 17.5 Å². The van der Waals surface area contributed by atoms with Gasteiger partial charge in [0, 0.05) is 34.0 Å². The van der Waals surface area contributed by atoms with Crippen LogP contribution in [0, 0.1) is 0 Å². The first-order chi connectivity index (χ1) is 19.9. The number of anilines is 1. The largest absolute Gasteiger partial charge is 0.496 e. The number of rotatable bonds is 9. The van der Waals surface area contributed by atoms with Gasteiger partial charge in [-0.05, 0) is 36.8 Å². The Bertz CT molecular complexity index is 1720. The Kier molecular flexibility index (Phi) is 8.56. The minimum atomic E-state index is -4.71. The molecule has 1 atom stereocenters. The van der Waals surface area contributed by atoms with Crippen LogP contribution in [0.3, 0.4) is 0 Å². The molecule has 0 saturated heterocycles. The van der Waals surface area contributed by atoms with E-state index in [9.17, 15) is 27.6 Å². The van der Waals surface area contributed by atoms with Crippen molar-refractivity contribution in [1.82, 2.24) is 19.6 Å². The summed E-state index contributed by atoms with van der Waals surface area (Å²) in [4.78, 5) is 38.2. The first-order valence-corrected chi connectivity index (χ1v) is 12.6. The van der Waals surface area contributed by atoms with E-state index in [0.29, 0.717) is 11.9 Å². The number of hydrogen-bond donors (Lipinski definition) is 2. The monoisotopic (exact) mass is 604 g/mol. The van der Waals surface area contributed by atoms with E-state index < -0.39 is 35.3 Å². The standard InChI is InChI=1S/C27H24ClF3N6O5/c1-4-19(26(40)33-15-6-7-16(25(32)39)21(10-15)41-2)36-12-22(42-3)18(11-24(36)38)17-9-14(28)5-8-20(17)37-13-23(34-35-37)27(29,30)31/h5-13,19H,4H2,1-3H3,(H2,32,39)(H,33,40)/t19-/m0/s1. The molecule has 0 aliphatic rings. The quantitative estimate of drug-likeness (QED) is 0.287. The second-order valence-electron chi connectivity index (χ2n) is 8.90. The SMILES string of the molecule is CC[C@@H](C(=O)Nc1ccc(C(N)=O)c(OC)c1)n1cc(OC)c(-c2cc(Cl)ccc2-n2cc(C(F)(F)F)nn2)cc1=O. The molecule has 0 spiro atoms. The summed E-state index contributed by atoms with van der Waals surface area (Å²) in [5.41, 5.74) is 4.54. The number of carbonyl (C=O) groups is 2. The van der Waals surface area contributed by atoms with Crippen molar-refractivity contribution in [3.63, 3.8) is 0 Å². The number of nitrogens with one attached hydrogen (secondary N) is 1. The van der Waals surface area contributed by atoms with Crippen LogP contribution in [0.1, 0.15) is 35.4 Å². The third-order valence-corrected chi connectivity index (χ3v) is 6.54. The number of nitrogens with zero attached hydrogens (tertiary/aromatic N) is 4. The molecule has 0 aliphatic carbocycles. The van der Waals surface area contributed by atoms with E-state index >= 15 is 0 Å². The van der Waals surface area contributed by atoms with Crippen molar-refractivity contribution in [2.45, 2.75) is 25.6 Å². The Morgan fingerprint density at radius 1 is 1.05 bits per heavy atom. The zero-order chi connectivity index (χ0) is 30.8. The molecule has 0 saturated carbocycles. The zero-order valence-corrected chi connectivity index (χ0v) is 23.2. The smallest absolute Gasteiger partial charge is 0.436 e. The molecule has 220 valence electrons. The summed E-state index contributed by atoms with van der Waals surface area (Å²) < 4.78 is 52.3. The van der Waals surface area contributed by atoms with E-state index in [1.54, 1.807) is 6.92 Å². The van der Waals surface area contributed by atoms with Gasteiger partial charge in [-0.3, -0.25) is 19.0 Å². The van der Waals surface area contributed by atoms with Gasteiger partial charge in [0.2, 0.25) is 5.91 Å². The van der Waals surface area contributed by atoms with Crippen molar-refractivity contribution < 1.29 is 32.2 Å². The number of hydrogen-bond acceptors (Lipinski definition) is 7. The number of amides is 2. The van der Waals surface area contributed by atoms with E-state index in [-0.39, 0.29) is 45.3 Å². The lowest BCUT2D eigenvalue weighted by molar-refractivity contribution is -0.141. The molecule has 42 heavy (non-hydrogen) atoms. The van der Waals surface area contributed by atoms with Crippen molar-refractivity contribution in [1.29, 1.82) is 0 Å². The third-order valence-electron chi connectivity index (χ3n) is 6.30. The molecule has 0 unspecified atom stereocenters. The predicted molar refractivity (Wildman–Crippen MR) is 147 cm³/mol. The number of alkyl halides is 3. The Balaban J connectivity index is 1.74. The molecule has 15 heteroatoms. The molecule has 2 amide bonds. The zero-order valence-electron chi connectivity index (χ0n) is 22.4. The molecule has 0 bridgehead atoms. The van der Waals surface area contributed by atoms with Gasteiger partial charge in [0.15, 0.2) is 5.69 Å². The first-order valence-electron chi connectivity index (χ1n) is 12.3. The number of aromatic nitrogens is 4. The molecule has 4 rings (SSSR count). The average Bonchev–Trinajstić information content (AvgIpc) is 3.45. The summed E-state index contributed by atoms with van der Waals surface area (Å²) in [6, 6.07) is 8.81. The lowest BCUT2D eigenvalue weighted by Gasteiger charge is -2.21. The number of carbonyl (C=O) groups excluding carboxylic acids is 2. The number of pyridine rings is 1. The summed E-state index contributed by atoms with van der Waals surface area (Å²) in [7, 11) is 2.68. The molecule has 2 heterocycles. The molecule has 4 aromatic rings. The molecule has 0 fully saturated rings. The highest BCUT2D eigenvalue weighted by molar-refractivity contribution is 6.31. The van der Waals surface area contributed by atoms with Crippen LogP contribution in [0.2, 0.25) is 5.02 Å². The molecule has 0 aliphatic heterocycles.